The maximum Gasteiger partial charge on any atom is 0.203 e. The zero-order chi connectivity index (χ0) is 25.7. The van der Waals surface area contributed by atoms with Crippen LogP contribution in [0.4, 0.5) is 5.69 Å². The van der Waals surface area contributed by atoms with Gasteiger partial charge in [0.05, 0.1) is 35.5 Å². The molecule has 0 aromatic heterocycles. The number of methoxy groups -OCH3 is 5. The van der Waals surface area contributed by atoms with Gasteiger partial charge in [0.25, 0.3) is 0 Å². The summed E-state index contributed by atoms with van der Waals surface area (Å²) in [5.74, 6) is 3.49. The highest BCUT2D eigenvalue weighted by atomic mass is 16.5. The zero-order valence-corrected chi connectivity index (χ0v) is 22.0. The fourth-order valence-corrected chi connectivity index (χ4v) is 4.72. The average Bonchev–Trinajstić information content (AvgIpc) is 2.93. The molecule has 0 saturated carbocycles. The maximum absolute atomic E-state index is 5.89. The Morgan fingerprint density at radius 2 is 1.36 bits per heavy atom. The van der Waals surface area contributed by atoms with Crippen LogP contribution in [0.5, 0.6) is 28.7 Å². The van der Waals surface area contributed by atoms with E-state index in [4.69, 9.17) is 23.7 Å². The second-order valence-electron chi connectivity index (χ2n) is 8.67. The molecule has 6 heteroatoms. The van der Waals surface area contributed by atoms with Crippen LogP contribution in [0.15, 0.2) is 54.6 Å². The summed E-state index contributed by atoms with van der Waals surface area (Å²) in [6, 6.07) is 18.7. The fraction of sp³-hybridized carbons (Fsp3) is 0.333. The van der Waals surface area contributed by atoms with E-state index in [0.717, 1.165) is 64.7 Å². The van der Waals surface area contributed by atoms with Crippen molar-refractivity contribution in [1.29, 1.82) is 0 Å². The smallest absolute Gasteiger partial charge is 0.203 e. The van der Waals surface area contributed by atoms with Gasteiger partial charge in [0.1, 0.15) is 11.5 Å². The summed E-state index contributed by atoms with van der Waals surface area (Å²) in [7, 11) is 8.31. The zero-order valence-electron chi connectivity index (χ0n) is 22.0. The van der Waals surface area contributed by atoms with Crippen molar-refractivity contribution in [2.75, 3.05) is 47.0 Å². The van der Waals surface area contributed by atoms with Gasteiger partial charge in [0.15, 0.2) is 11.5 Å². The third-order valence-corrected chi connectivity index (χ3v) is 6.58. The highest BCUT2D eigenvalue weighted by Gasteiger charge is 2.22. The van der Waals surface area contributed by atoms with Gasteiger partial charge in [-0.2, -0.15) is 0 Å². The van der Waals surface area contributed by atoms with Crippen LogP contribution in [0, 0.1) is 0 Å². The quantitative estimate of drug-likeness (QED) is 0.215. The molecule has 190 valence electrons. The standard InChI is InChI=1S/C30H35NO5/c1-7-8-15-31(19-20-9-11-22(32-2)12-10-20)26-16-21-17-27(34-4)29(35-5)30(36-6)28(21)25-18-23(33-3)13-14-24(25)26/h9-14,16-18H,7-8,15,19H2,1-6H3. The summed E-state index contributed by atoms with van der Waals surface area (Å²) in [6.45, 7) is 3.93. The van der Waals surface area contributed by atoms with E-state index in [-0.39, 0.29) is 0 Å². The third-order valence-electron chi connectivity index (χ3n) is 6.58. The number of fused-ring (bicyclic) bond motifs is 3. The monoisotopic (exact) mass is 489 g/mol. The molecule has 0 aliphatic heterocycles. The normalized spacial score (nSPS) is 10.9. The first-order valence-corrected chi connectivity index (χ1v) is 12.2. The second-order valence-corrected chi connectivity index (χ2v) is 8.67. The molecule has 0 saturated heterocycles. The van der Waals surface area contributed by atoms with Crippen LogP contribution in [0.1, 0.15) is 25.3 Å². The predicted octanol–water partition coefficient (Wildman–Crippen LogP) is 6.84. The van der Waals surface area contributed by atoms with Gasteiger partial charge in [-0.05, 0) is 65.2 Å². The Bertz CT molecular complexity index is 1330. The predicted molar refractivity (Wildman–Crippen MR) is 147 cm³/mol. The number of anilines is 1. The van der Waals surface area contributed by atoms with Gasteiger partial charge in [-0.15, -0.1) is 0 Å². The molecule has 4 aromatic carbocycles. The van der Waals surface area contributed by atoms with E-state index in [1.807, 2.05) is 24.3 Å². The minimum Gasteiger partial charge on any atom is -0.497 e. The molecule has 36 heavy (non-hydrogen) atoms. The minimum atomic E-state index is 0.574. The Balaban J connectivity index is 1.99. The van der Waals surface area contributed by atoms with Gasteiger partial charge in [-0.3, -0.25) is 0 Å². The third kappa shape index (κ3) is 4.81. The van der Waals surface area contributed by atoms with Crippen molar-refractivity contribution in [1.82, 2.24) is 0 Å². The van der Waals surface area contributed by atoms with E-state index in [9.17, 15) is 0 Å². The summed E-state index contributed by atoms with van der Waals surface area (Å²) in [6.07, 6.45) is 2.19. The maximum atomic E-state index is 5.89. The summed E-state index contributed by atoms with van der Waals surface area (Å²) in [4.78, 5) is 2.45. The fourth-order valence-electron chi connectivity index (χ4n) is 4.72. The number of hydrogen-bond acceptors (Lipinski definition) is 6. The number of ether oxygens (including phenoxy) is 5. The molecule has 0 N–H and O–H groups in total. The van der Waals surface area contributed by atoms with Gasteiger partial charge >= 0.3 is 0 Å². The summed E-state index contributed by atoms with van der Waals surface area (Å²) >= 11 is 0. The Labute approximate surface area is 213 Å². The molecule has 0 unspecified atom stereocenters. The number of hydrogen-bond donors (Lipinski definition) is 0. The topological polar surface area (TPSA) is 49.4 Å². The Morgan fingerprint density at radius 3 is 1.97 bits per heavy atom. The molecule has 6 nitrogen and oxygen atoms in total. The molecular formula is C30H35NO5. The van der Waals surface area contributed by atoms with Gasteiger partial charge in [0.2, 0.25) is 5.75 Å². The lowest BCUT2D eigenvalue weighted by molar-refractivity contribution is 0.327. The molecule has 0 atom stereocenters. The van der Waals surface area contributed by atoms with Crippen LogP contribution in [-0.4, -0.2) is 42.1 Å². The summed E-state index contributed by atoms with van der Waals surface area (Å²) in [5.41, 5.74) is 2.37. The first kappa shape index (κ1) is 25.3. The van der Waals surface area contributed by atoms with Crippen LogP contribution >= 0.6 is 0 Å². The molecule has 0 bridgehead atoms. The van der Waals surface area contributed by atoms with Crippen molar-refractivity contribution in [2.24, 2.45) is 0 Å². The van der Waals surface area contributed by atoms with E-state index in [1.165, 1.54) is 5.56 Å². The van der Waals surface area contributed by atoms with Crippen molar-refractivity contribution >= 4 is 27.2 Å². The first-order chi connectivity index (χ1) is 17.6. The average molecular weight is 490 g/mol. The highest BCUT2D eigenvalue weighted by Crippen LogP contribution is 2.48. The molecule has 0 amide bonds. The van der Waals surface area contributed by atoms with Gasteiger partial charge in [-0.1, -0.05) is 25.5 Å². The molecule has 0 radical (unpaired) electrons. The number of benzene rings is 4. The van der Waals surface area contributed by atoms with Gasteiger partial charge in [0, 0.05) is 29.5 Å². The Morgan fingerprint density at radius 1 is 0.667 bits per heavy atom. The van der Waals surface area contributed by atoms with Crippen LogP contribution in [0.2, 0.25) is 0 Å². The van der Waals surface area contributed by atoms with Crippen molar-refractivity contribution in [3.8, 4) is 28.7 Å². The van der Waals surface area contributed by atoms with E-state index in [1.54, 1.807) is 35.5 Å². The minimum absolute atomic E-state index is 0.574. The van der Waals surface area contributed by atoms with Crippen molar-refractivity contribution in [3.63, 3.8) is 0 Å². The van der Waals surface area contributed by atoms with Gasteiger partial charge < -0.3 is 28.6 Å². The van der Waals surface area contributed by atoms with Crippen molar-refractivity contribution in [2.45, 2.75) is 26.3 Å². The Kier molecular flexibility index (Phi) is 7.93. The lowest BCUT2D eigenvalue weighted by atomic mass is 9.97. The molecular weight excluding hydrogens is 454 g/mol. The first-order valence-electron chi connectivity index (χ1n) is 12.2. The largest absolute Gasteiger partial charge is 0.497 e. The van der Waals surface area contributed by atoms with E-state index < -0.39 is 0 Å². The molecule has 0 aliphatic rings. The summed E-state index contributed by atoms with van der Waals surface area (Å²) < 4.78 is 28.2. The van der Waals surface area contributed by atoms with Crippen LogP contribution in [0.25, 0.3) is 21.5 Å². The molecule has 4 aromatic rings. The molecule has 0 heterocycles. The second kappa shape index (κ2) is 11.3. The number of unbranched alkanes of at least 4 members (excludes halogenated alkanes) is 1. The number of rotatable bonds is 11. The lowest BCUT2D eigenvalue weighted by Gasteiger charge is -2.28. The van der Waals surface area contributed by atoms with Crippen LogP contribution in [0.3, 0.4) is 0 Å². The molecule has 0 fully saturated rings. The lowest BCUT2D eigenvalue weighted by Crippen LogP contribution is -2.24. The SMILES string of the molecule is CCCCN(Cc1ccc(OC)cc1)c1cc2cc(OC)c(OC)c(OC)c2c2cc(OC)ccc12. The van der Waals surface area contributed by atoms with Crippen LogP contribution in [-0.2, 0) is 6.54 Å². The van der Waals surface area contributed by atoms with E-state index in [0.29, 0.717) is 17.2 Å². The van der Waals surface area contributed by atoms with Crippen molar-refractivity contribution < 1.29 is 23.7 Å². The molecule has 4 rings (SSSR count). The number of nitrogens with zero attached hydrogens (tertiary/aromatic N) is 1. The van der Waals surface area contributed by atoms with E-state index in [2.05, 4.69) is 42.2 Å². The highest BCUT2D eigenvalue weighted by molar-refractivity contribution is 6.17. The van der Waals surface area contributed by atoms with Crippen molar-refractivity contribution in [3.05, 3.63) is 60.2 Å². The summed E-state index contributed by atoms with van der Waals surface area (Å²) in [5, 5.41) is 4.14. The molecule has 0 aliphatic carbocycles. The Hall–Kier alpha value is -3.80. The van der Waals surface area contributed by atoms with Crippen LogP contribution < -0.4 is 28.6 Å². The van der Waals surface area contributed by atoms with E-state index >= 15 is 0 Å². The van der Waals surface area contributed by atoms with Gasteiger partial charge in [-0.25, -0.2) is 0 Å². The molecule has 0 spiro atoms.